The number of nitrogens with zero attached hydrogens (tertiary/aromatic N) is 1. The molecule has 0 saturated carbocycles. The Morgan fingerprint density at radius 2 is 1.72 bits per heavy atom. The molecule has 0 spiro atoms. The molecule has 2 N–H and O–H groups in total. The zero-order valence-electron chi connectivity index (χ0n) is 14.0. The van der Waals surface area contributed by atoms with E-state index in [1.807, 2.05) is 35.2 Å². The Balaban J connectivity index is 1.58. The van der Waals surface area contributed by atoms with Crippen LogP contribution in [0.1, 0.15) is 34.9 Å². The highest BCUT2D eigenvalue weighted by atomic mass is 16.3. The Bertz CT molecular complexity index is 707. The van der Waals surface area contributed by atoms with Crippen LogP contribution in [-0.2, 0) is 4.79 Å². The second-order valence-electron chi connectivity index (χ2n) is 6.32. The molecule has 1 heterocycles. The predicted molar refractivity (Wildman–Crippen MR) is 96.2 cm³/mol. The van der Waals surface area contributed by atoms with Crippen molar-refractivity contribution in [1.82, 2.24) is 4.90 Å². The van der Waals surface area contributed by atoms with Gasteiger partial charge in [0, 0.05) is 24.3 Å². The summed E-state index contributed by atoms with van der Waals surface area (Å²) in [6.45, 7) is 1.28. The van der Waals surface area contributed by atoms with Crippen LogP contribution in [0, 0.1) is 5.92 Å². The van der Waals surface area contributed by atoms with Crippen LogP contribution in [0.5, 0.6) is 0 Å². The number of hydrogen-bond acceptors (Lipinski definition) is 3. The standard InChI is InChI=1S/C20H22N2O3/c23-14-21-18-8-6-17(7-9-18)20(25)22-12-10-16(11-13-22)19(24)15-4-2-1-3-5-15/h1-9,14,16,19,24H,10-13H2,(H,21,23). The average Bonchev–Trinajstić information content (AvgIpc) is 2.68. The number of nitrogens with one attached hydrogen (secondary N) is 1. The lowest BCUT2D eigenvalue weighted by Gasteiger charge is -2.34. The van der Waals surface area contributed by atoms with Gasteiger partial charge in [0.05, 0.1) is 6.10 Å². The molecule has 2 aromatic carbocycles. The molecular formula is C20H22N2O3. The topological polar surface area (TPSA) is 69.6 Å². The van der Waals surface area contributed by atoms with Gasteiger partial charge in [-0.15, -0.1) is 0 Å². The Morgan fingerprint density at radius 3 is 2.32 bits per heavy atom. The van der Waals surface area contributed by atoms with E-state index in [0.717, 1.165) is 18.4 Å². The maximum atomic E-state index is 12.6. The van der Waals surface area contributed by atoms with Crippen molar-refractivity contribution >= 4 is 18.0 Å². The lowest BCUT2D eigenvalue weighted by atomic mass is 9.87. The fourth-order valence-corrected chi connectivity index (χ4v) is 3.30. The van der Waals surface area contributed by atoms with Crippen molar-refractivity contribution in [2.24, 2.45) is 5.92 Å². The van der Waals surface area contributed by atoms with Crippen molar-refractivity contribution in [2.75, 3.05) is 18.4 Å². The summed E-state index contributed by atoms with van der Waals surface area (Å²) in [7, 11) is 0. The van der Waals surface area contributed by atoms with Crippen molar-refractivity contribution in [1.29, 1.82) is 0 Å². The van der Waals surface area contributed by atoms with Crippen LogP contribution in [0.4, 0.5) is 5.69 Å². The lowest BCUT2D eigenvalue weighted by molar-refractivity contribution is -0.105. The summed E-state index contributed by atoms with van der Waals surface area (Å²) in [5, 5.41) is 13.1. The lowest BCUT2D eigenvalue weighted by Crippen LogP contribution is -2.39. The van der Waals surface area contributed by atoms with E-state index in [4.69, 9.17) is 0 Å². The number of likely N-dealkylation sites (tertiary alicyclic amines) is 1. The first kappa shape index (κ1) is 17.2. The van der Waals surface area contributed by atoms with Crippen molar-refractivity contribution in [2.45, 2.75) is 18.9 Å². The van der Waals surface area contributed by atoms with Crippen molar-refractivity contribution < 1.29 is 14.7 Å². The largest absolute Gasteiger partial charge is 0.388 e. The van der Waals surface area contributed by atoms with E-state index >= 15 is 0 Å². The van der Waals surface area contributed by atoms with Gasteiger partial charge < -0.3 is 15.3 Å². The number of carbonyl (C=O) groups is 2. The third-order valence-electron chi connectivity index (χ3n) is 4.77. The zero-order valence-corrected chi connectivity index (χ0v) is 14.0. The molecule has 2 aromatic rings. The van der Waals surface area contributed by atoms with Gasteiger partial charge in [0.25, 0.3) is 5.91 Å². The number of benzene rings is 2. The van der Waals surface area contributed by atoms with Gasteiger partial charge in [0.2, 0.25) is 6.41 Å². The molecule has 130 valence electrons. The van der Waals surface area contributed by atoms with Crippen molar-refractivity contribution in [3.63, 3.8) is 0 Å². The molecule has 3 rings (SSSR count). The number of carbonyl (C=O) groups excluding carboxylic acids is 2. The summed E-state index contributed by atoms with van der Waals surface area (Å²) in [4.78, 5) is 24.8. The third-order valence-corrected chi connectivity index (χ3v) is 4.77. The number of anilines is 1. The molecule has 0 aliphatic carbocycles. The Hall–Kier alpha value is -2.66. The summed E-state index contributed by atoms with van der Waals surface area (Å²) >= 11 is 0. The third kappa shape index (κ3) is 4.06. The number of aliphatic hydroxyl groups is 1. The molecule has 5 heteroatoms. The second kappa shape index (κ2) is 7.94. The smallest absolute Gasteiger partial charge is 0.253 e. The van der Waals surface area contributed by atoms with Crippen LogP contribution in [0.15, 0.2) is 54.6 Å². The SMILES string of the molecule is O=CNc1ccc(C(=O)N2CCC(C(O)c3ccccc3)CC2)cc1. The molecule has 5 nitrogen and oxygen atoms in total. The van der Waals surface area contributed by atoms with Gasteiger partial charge in [-0.25, -0.2) is 0 Å². The fourth-order valence-electron chi connectivity index (χ4n) is 3.30. The van der Waals surface area contributed by atoms with Gasteiger partial charge in [-0.2, -0.15) is 0 Å². The van der Waals surface area contributed by atoms with E-state index in [1.165, 1.54) is 0 Å². The minimum absolute atomic E-state index is 0.00898. The van der Waals surface area contributed by atoms with Crippen LogP contribution in [0.3, 0.4) is 0 Å². The molecule has 1 atom stereocenters. The van der Waals surface area contributed by atoms with Gasteiger partial charge in [0.1, 0.15) is 0 Å². The molecule has 0 radical (unpaired) electrons. The molecule has 1 aliphatic heterocycles. The first-order valence-corrected chi connectivity index (χ1v) is 8.51. The van der Waals surface area contributed by atoms with Crippen molar-refractivity contribution in [3.8, 4) is 0 Å². The molecule has 0 aromatic heterocycles. The number of aliphatic hydroxyl groups excluding tert-OH is 1. The van der Waals surface area contributed by atoms with Gasteiger partial charge in [-0.05, 0) is 48.6 Å². The molecule has 2 amide bonds. The van der Waals surface area contributed by atoms with Crippen LogP contribution in [0.25, 0.3) is 0 Å². The number of amides is 2. The van der Waals surface area contributed by atoms with Gasteiger partial charge in [-0.1, -0.05) is 30.3 Å². The monoisotopic (exact) mass is 338 g/mol. The summed E-state index contributed by atoms with van der Waals surface area (Å²) in [6.07, 6.45) is 1.70. The Kier molecular flexibility index (Phi) is 5.46. The number of piperidine rings is 1. The summed E-state index contributed by atoms with van der Waals surface area (Å²) in [5.74, 6) is 0.163. The summed E-state index contributed by atoms with van der Waals surface area (Å²) in [6, 6.07) is 16.6. The molecule has 1 unspecified atom stereocenters. The van der Waals surface area contributed by atoms with E-state index in [2.05, 4.69) is 5.32 Å². The second-order valence-corrected chi connectivity index (χ2v) is 6.32. The summed E-state index contributed by atoms with van der Waals surface area (Å²) in [5.41, 5.74) is 2.21. The van der Waals surface area contributed by atoms with E-state index in [-0.39, 0.29) is 11.8 Å². The molecule has 25 heavy (non-hydrogen) atoms. The predicted octanol–water partition coefficient (Wildman–Crippen LogP) is 2.84. The van der Waals surface area contributed by atoms with Crippen LogP contribution >= 0.6 is 0 Å². The molecule has 1 aliphatic rings. The fraction of sp³-hybridized carbons (Fsp3) is 0.300. The number of hydrogen-bond donors (Lipinski definition) is 2. The van der Waals surface area contributed by atoms with Gasteiger partial charge in [0.15, 0.2) is 0 Å². The van der Waals surface area contributed by atoms with E-state index in [0.29, 0.717) is 30.8 Å². The van der Waals surface area contributed by atoms with Crippen molar-refractivity contribution in [3.05, 3.63) is 65.7 Å². The highest BCUT2D eigenvalue weighted by Crippen LogP contribution is 2.31. The zero-order chi connectivity index (χ0) is 17.6. The maximum absolute atomic E-state index is 12.6. The minimum Gasteiger partial charge on any atom is -0.388 e. The van der Waals surface area contributed by atoms with Gasteiger partial charge >= 0.3 is 0 Å². The molecule has 0 bridgehead atoms. The first-order valence-electron chi connectivity index (χ1n) is 8.51. The Morgan fingerprint density at radius 1 is 1.08 bits per heavy atom. The maximum Gasteiger partial charge on any atom is 0.253 e. The normalized spacial score (nSPS) is 16.3. The van der Waals surface area contributed by atoms with Crippen LogP contribution < -0.4 is 5.32 Å². The van der Waals surface area contributed by atoms with E-state index < -0.39 is 6.10 Å². The first-order chi connectivity index (χ1) is 12.2. The van der Waals surface area contributed by atoms with E-state index in [1.54, 1.807) is 24.3 Å². The molecular weight excluding hydrogens is 316 g/mol. The molecule has 1 saturated heterocycles. The van der Waals surface area contributed by atoms with E-state index in [9.17, 15) is 14.7 Å². The summed E-state index contributed by atoms with van der Waals surface area (Å²) < 4.78 is 0. The average molecular weight is 338 g/mol. The quantitative estimate of drug-likeness (QED) is 0.824. The van der Waals surface area contributed by atoms with Crippen LogP contribution in [-0.4, -0.2) is 35.4 Å². The minimum atomic E-state index is -0.479. The van der Waals surface area contributed by atoms with Gasteiger partial charge in [-0.3, -0.25) is 9.59 Å². The highest BCUT2D eigenvalue weighted by Gasteiger charge is 2.28. The molecule has 1 fully saturated rings. The highest BCUT2D eigenvalue weighted by molar-refractivity contribution is 5.94. The van der Waals surface area contributed by atoms with Crippen LogP contribution in [0.2, 0.25) is 0 Å². The number of rotatable bonds is 5. The Labute approximate surface area is 147 Å².